The maximum Gasteiger partial charge on any atom is 0.329 e. The average Bonchev–Trinajstić information content (AvgIpc) is 3.37. The number of thiophene rings is 1. The molecule has 1 aliphatic rings. The lowest BCUT2D eigenvalue weighted by Crippen LogP contribution is -2.45. The Bertz CT molecular complexity index is 1080. The van der Waals surface area contributed by atoms with Gasteiger partial charge in [-0.3, -0.25) is 9.59 Å². The molecule has 0 saturated heterocycles. The van der Waals surface area contributed by atoms with Gasteiger partial charge in [0, 0.05) is 18.7 Å². The van der Waals surface area contributed by atoms with Crippen molar-refractivity contribution in [1.82, 2.24) is 5.32 Å². The molecule has 0 unspecified atom stereocenters. The lowest BCUT2D eigenvalue weighted by Gasteiger charge is -2.29. The number of aryl methyl sites for hydroxylation is 1. The van der Waals surface area contributed by atoms with Gasteiger partial charge in [-0.15, -0.1) is 11.3 Å². The Balaban J connectivity index is 1.42. The summed E-state index contributed by atoms with van der Waals surface area (Å²) in [5.41, 5.74) is 2.87. The minimum absolute atomic E-state index is 0.270. The summed E-state index contributed by atoms with van der Waals surface area (Å²) in [6, 6.07) is 19.7. The highest BCUT2D eigenvalue weighted by atomic mass is 32.1. The van der Waals surface area contributed by atoms with E-state index in [1.165, 1.54) is 11.3 Å². The van der Waals surface area contributed by atoms with E-state index in [2.05, 4.69) is 5.32 Å². The molecule has 2 aromatic carbocycles. The Kier molecular flexibility index (Phi) is 6.97. The van der Waals surface area contributed by atoms with E-state index in [4.69, 9.17) is 4.74 Å². The van der Waals surface area contributed by atoms with E-state index in [0.29, 0.717) is 11.4 Å². The van der Waals surface area contributed by atoms with Crippen molar-refractivity contribution >= 4 is 34.8 Å². The van der Waals surface area contributed by atoms with E-state index in [1.54, 1.807) is 22.4 Å². The molecule has 2 amide bonds. The second-order valence-electron chi connectivity index (χ2n) is 7.58. The van der Waals surface area contributed by atoms with Crippen LogP contribution >= 0.6 is 11.3 Å². The summed E-state index contributed by atoms with van der Waals surface area (Å²) >= 11 is 1.30. The molecule has 4 rings (SSSR count). The van der Waals surface area contributed by atoms with Gasteiger partial charge in [0.2, 0.25) is 0 Å². The third kappa shape index (κ3) is 5.23. The van der Waals surface area contributed by atoms with Crippen molar-refractivity contribution in [3.05, 3.63) is 88.1 Å². The smallest absolute Gasteiger partial charge is 0.329 e. The monoisotopic (exact) mass is 448 g/mol. The summed E-state index contributed by atoms with van der Waals surface area (Å²) in [5, 5.41) is 4.56. The predicted octanol–water partition coefficient (Wildman–Crippen LogP) is 3.61. The van der Waals surface area contributed by atoms with E-state index in [0.717, 1.165) is 29.7 Å². The molecular weight excluding hydrogens is 424 g/mol. The number of nitrogens with zero attached hydrogens (tertiary/aromatic N) is 1. The highest BCUT2D eigenvalue weighted by Crippen LogP contribution is 2.26. The third-order valence-corrected chi connectivity index (χ3v) is 6.24. The highest BCUT2D eigenvalue weighted by Gasteiger charge is 2.27. The zero-order valence-electron chi connectivity index (χ0n) is 17.5. The van der Waals surface area contributed by atoms with E-state index in [-0.39, 0.29) is 24.8 Å². The summed E-state index contributed by atoms with van der Waals surface area (Å²) in [6.45, 7) is 0.225. The molecule has 0 radical (unpaired) electrons. The number of para-hydroxylation sites is 1. The standard InChI is InChI=1S/C25H24N2O4S/c28-23(27-14-6-11-19-10-4-5-12-21(19)27)17-31-25(30)20(16-18-8-2-1-3-9-18)26-24(29)22-13-7-15-32-22/h1-5,7-10,12-13,15,20H,6,11,14,16-17H2,(H,26,29)/t20-/m0/s1. The van der Waals surface area contributed by atoms with Crippen LogP contribution in [-0.2, 0) is 27.2 Å². The molecule has 1 aliphatic heterocycles. The number of anilines is 1. The lowest BCUT2D eigenvalue weighted by molar-refractivity contribution is -0.149. The summed E-state index contributed by atoms with van der Waals surface area (Å²) in [5.74, 6) is -1.24. The van der Waals surface area contributed by atoms with Crippen molar-refractivity contribution in [1.29, 1.82) is 0 Å². The minimum atomic E-state index is -0.895. The zero-order valence-corrected chi connectivity index (χ0v) is 18.3. The number of carbonyl (C=O) groups is 3. The van der Waals surface area contributed by atoms with E-state index >= 15 is 0 Å². The first kappa shape index (κ1) is 21.8. The van der Waals surface area contributed by atoms with Crippen LogP contribution in [0.25, 0.3) is 0 Å². The van der Waals surface area contributed by atoms with Crippen molar-refractivity contribution in [2.24, 2.45) is 0 Å². The number of carbonyl (C=O) groups excluding carboxylic acids is 3. The summed E-state index contributed by atoms with van der Waals surface area (Å²) in [7, 11) is 0. The summed E-state index contributed by atoms with van der Waals surface area (Å²) < 4.78 is 5.38. The maximum absolute atomic E-state index is 12.9. The fourth-order valence-electron chi connectivity index (χ4n) is 3.78. The summed E-state index contributed by atoms with van der Waals surface area (Å²) in [4.78, 5) is 40.4. The normalized spacial score (nSPS) is 13.7. The Morgan fingerprint density at radius 2 is 1.78 bits per heavy atom. The van der Waals surface area contributed by atoms with Crippen LogP contribution in [0.1, 0.15) is 27.2 Å². The van der Waals surface area contributed by atoms with Gasteiger partial charge in [0.1, 0.15) is 6.04 Å². The molecular formula is C25H24N2O4S. The van der Waals surface area contributed by atoms with Gasteiger partial charge < -0.3 is 15.0 Å². The van der Waals surface area contributed by atoms with Gasteiger partial charge >= 0.3 is 5.97 Å². The van der Waals surface area contributed by atoms with Crippen LogP contribution in [0.5, 0.6) is 0 Å². The topological polar surface area (TPSA) is 75.7 Å². The number of esters is 1. The van der Waals surface area contributed by atoms with Crippen molar-refractivity contribution in [2.75, 3.05) is 18.1 Å². The van der Waals surface area contributed by atoms with Gasteiger partial charge in [0.15, 0.2) is 6.61 Å². The Labute approximate surface area is 190 Å². The van der Waals surface area contributed by atoms with Crippen molar-refractivity contribution in [3.63, 3.8) is 0 Å². The number of fused-ring (bicyclic) bond motifs is 1. The average molecular weight is 449 g/mol. The quantitative estimate of drug-likeness (QED) is 0.561. The molecule has 164 valence electrons. The maximum atomic E-state index is 12.9. The predicted molar refractivity (Wildman–Crippen MR) is 124 cm³/mol. The number of ether oxygens (including phenoxy) is 1. The summed E-state index contributed by atoms with van der Waals surface area (Å²) in [6.07, 6.45) is 2.06. The van der Waals surface area contributed by atoms with Crippen molar-refractivity contribution in [2.45, 2.75) is 25.3 Å². The van der Waals surface area contributed by atoms with Crippen LogP contribution in [0.4, 0.5) is 5.69 Å². The van der Waals surface area contributed by atoms with Gasteiger partial charge in [0.25, 0.3) is 11.8 Å². The van der Waals surface area contributed by atoms with Crippen LogP contribution in [0.15, 0.2) is 72.1 Å². The van der Waals surface area contributed by atoms with Crippen LogP contribution < -0.4 is 10.2 Å². The number of rotatable bonds is 7. The molecule has 2 heterocycles. The third-order valence-electron chi connectivity index (χ3n) is 5.37. The van der Waals surface area contributed by atoms with Crippen molar-refractivity contribution in [3.8, 4) is 0 Å². The van der Waals surface area contributed by atoms with Gasteiger partial charge in [-0.2, -0.15) is 0 Å². The molecule has 0 aliphatic carbocycles. The molecule has 7 heteroatoms. The van der Waals surface area contributed by atoms with Crippen molar-refractivity contribution < 1.29 is 19.1 Å². The first-order valence-electron chi connectivity index (χ1n) is 10.5. The fourth-order valence-corrected chi connectivity index (χ4v) is 4.41. The molecule has 0 bridgehead atoms. The number of benzene rings is 2. The van der Waals surface area contributed by atoms with E-state index in [1.807, 2.05) is 54.6 Å². The molecule has 0 saturated carbocycles. The van der Waals surface area contributed by atoms with E-state index in [9.17, 15) is 14.4 Å². The molecule has 0 spiro atoms. The Morgan fingerprint density at radius 1 is 1.00 bits per heavy atom. The van der Waals surface area contributed by atoms with E-state index < -0.39 is 12.0 Å². The Morgan fingerprint density at radius 3 is 2.56 bits per heavy atom. The largest absolute Gasteiger partial charge is 0.454 e. The van der Waals surface area contributed by atoms with Gasteiger partial charge in [-0.05, 0) is 41.5 Å². The molecule has 32 heavy (non-hydrogen) atoms. The highest BCUT2D eigenvalue weighted by molar-refractivity contribution is 7.12. The molecule has 6 nitrogen and oxygen atoms in total. The first-order valence-corrected chi connectivity index (χ1v) is 11.4. The molecule has 1 atom stereocenters. The molecule has 1 aromatic heterocycles. The second-order valence-corrected chi connectivity index (χ2v) is 8.53. The molecule has 1 N–H and O–H groups in total. The zero-order chi connectivity index (χ0) is 22.3. The molecule has 0 fully saturated rings. The first-order chi connectivity index (χ1) is 15.6. The van der Waals surface area contributed by atoms with Gasteiger partial charge in [-0.1, -0.05) is 54.6 Å². The number of nitrogens with one attached hydrogen (secondary N) is 1. The van der Waals surface area contributed by atoms with Crippen LogP contribution in [-0.4, -0.2) is 37.0 Å². The number of hydrogen-bond acceptors (Lipinski definition) is 5. The fraction of sp³-hybridized carbons (Fsp3) is 0.240. The Hall–Kier alpha value is -3.45. The SMILES string of the molecule is O=C(N[C@@H](Cc1ccccc1)C(=O)OCC(=O)N1CCCc2ccccc21)c1cccs1. The second kappa shape index (κ2) is 10.2. The number of hydrogen-bond donors (Lipinski definition) is 1. The van der Waals surface area contributed by atoms with Crippen LogP contribution in [0.3, 0.4) is 0 Å². The number of amides is 2. The minimum Gasteiger partial charge on any atom is -0.454 e. The van der Waals surface area contributed by atoms with Crippen LogP contribution in [0.2, 0.25) is 0 Å². The lowest BCUT2D eigenvalue weighted by atomic mass is 10.0. The van der Waals surface area contributed by atoms with Gasteiger partial charge in [-0.25, -0.2) is 4.79 Å². The molecule has 3 aromatic rings. The van der Waals surface area contributed by atoms with Gasteiger partial charge in [0.05, 0.1) is 4.88 Å². The van der Waals surface area contributed by atoms with Crippen LogP contribution in [0, 0.1) is 0 Å².